The van der Waals surface area contributed by atoms with E-state index in [-0.39, 0.29) is 0 Å². The van der Waals surface area contributed by atoms with Crippen LogP contribution >= 0.6 is 22.9 Å². The van der Waals surface area contributed by atoms with Crippen molar-refractivity contribution < 1.29 is 0 Å². The first-order chi connectivity index (χ1) is 6.68. The SMILES string of the molecule is CC(C)n1ccnc1-c1ccc(Cl)s1. The van der Waals surface area contributed by atoms with Crippen LogP contribution in [-0.2, 0) is 0 Å². The van der Waals surface area contributed by atoms with Crippen LogP contribution in [0.25, 0.3) is 10.7 Å². The predicted molar refractivity (Wildman–Crippen MR) is 60.9 cm³/mol. The van der Waals surface area contributed by atoms with Crippen molar-refractivity contribution in [2.24, 2.45) is 0 Å². The molecular weight excluding hydrogens is 216 g/mol. The highest BCUT2D eigenvalue weighted by atomic mass is 35.5. The van der Waals surface area contributed by atoms with Crippen molar-refractivity contribution in [2.45, 2.75) is 19.9 Å². The van der Waals surface area contributed by atoms with Crippen LogP contribution < -0.4 is 0 Å². The van der Waals surface area contributed by atoms with E-state index in [1.165, 1.54) is 0 Å². The molecule has 74 valence electrons. The molecule has 0 aliphatic heterocycles. The fraction of sp³-hybridized carbons (Fsp3) is 0.300. The molecule has 0 aliphatic rings. The molecule has 0 bridgehead atoms. The number of nitrogens with zero attached hydrogens (tertiary/aromatic N) is 2. The van der Waals surface area contributed by atoms with Gasteiger partial charge in [0, 0.05) is 18.4 Å². The summed E-state index contributed by atoms with van der Waals surface area (Å²) in [6, 6.07) is 4.34. The summed E-state index contributed by atoms with van der Waals surface area (Å²) in [5.74, 6) is 0.997. The zero-order chi connectivity index (χ0) is 10.1. The lowest BCUT2D eigenvalue weighted by atomic mass is 10.3. The van der Waals surface area contributed by atoms with Crippen LogP contribution in [0.2, 0.25) is 4.34 Å². The number of aromatic nitrogens is 2. The zero-order valence-electron chi connectivity index (χ0n) is 8.07. The van der Waals surface area contributed by atoms with Gasteiger partial charge in [-0.1, -0.05) is 11.6 Å². The number of thiophene rings is 1. The quantitative estimate of drug-likeness (QED) is 0.761. The highest BCUT2D eigenvalue weighted by Gasteiger charge is 2.09. The average Bonchev–Trinajstić information content (AvgIpc) is 2.70. The summed E-state index contributed by atoms with van der Waals surface area (Å²) in [5, 5.41) is 0. The van der Waals surface area contributed by atoms with Gasteiger partial charge in [-0.3, -0.25) is 0 Å². The Morgan fingerprint density at radius 2 is 2.21 bits per heavy atom. The van der Waals surface area contributed by atoms with Gasteiger partial charge >= 0.3 is 0 Å². The van der Waals surface area contributed by atoms with Gasteiger partial charge in [0.1, 0.15) is 5.82 Å². The topological polar surface area (TPSA) is 17.8 Å². The molecular formula is C10H11ClN2S. The van der Waals surface area contributed by atoms with E-state index in [0.29, 0.717) is 6.04 Å². The average molecular weight is 227 g/mol. The van der Waals surface area contributed by atoms with E-state index in [0.717, 1.165) is 15.0 Å². The Bertz CT molecular complexity index is 431. The van der Waals surface area contributed by atoms with Gasteiger partial charge < -0.3 is 4.57 Å². The molecule has 2 nitrogen and oxygen atoms in total. The van der Waals surface area contributed by atoms with Gasteiger partial charge in [-0.05, 0) is 26.0 Å². The number of imidazole rings is 1. The molecule has 2 heterocycles. The Morgan fingerprint density at radius 3 is 2.79 bits per heavy atom. The highest BCUT2D eigenvalue weighted by Crippen LogP contribution is 2.30. The predicted octanol–water partition coefficient (Wildman–Crippen LogP) is 3.85. The number of hydrogen-bond donors (Lipinski definition) is 0. The third-order valence-corrected chi connectivity index (χ3v) is 3.25. The number of hydrogen-bond acceptors (Lipinski definition) is 2. The first-order valence-electron chi connectivity index (χ1n) is 4.47. The van der Waals surface area contributed by atoms with Crippen LogP contribution in [0.5, 0.6) is 0 Å². The summed E-state index contributed by atoms with van der Waals surface area (Å²) < 4.78 is 2.95. The largest absolute Gasteiger partial charge is 0.328 e. The molecule has 0 aromatic carbocycles. The van der Waals surface area contributed by atoms with Crippen LogP contribution in [0, 0.1) is 0 Å². The molecule has 2 rings (SSSR count). The van der Waals surface area contributed by atoms with E-state index in [4.69, 9.17) is 11.6 Å². The monoisotopic (exact) mass is 226 g/mol. The van der Waals surface area contributed by atoms with Gasteiger partial charge in [0.25, 0.3) is 0 Å². The maximum atomic E-state index is 5.89. The lowest BCUT2D eigenvalue weighted by Gasteiger charge is -2.09. The minimum Gasteiger partial charge on any atom is -0.328 e. The Hall–Kier alpha value is -0.800. The second kappa shape index (κ2) is 3.75. The first kappa shape index (κ1) is 9.74. The summed E-state index contributed by atoms with van der Waals surface area (Å²) in [7, 11) is 0. The highest BCUT2D eigenvalue weighted by molar-refractivity contribution is 7.19. The van der Waals surface area contributed by atoms with Crippen LogP contribution in [0.15, 0.2) is 24.5 Å². The third kappa shape index (κ3) is 1.70. The molecule has 2 aromatic rings. The lowest BCUT2D eigenvalue weighted by Crippen LogP contribution is -2.00. The molecule has 14 heavy (non-hydrogen) atoms. The number of rotatable bonds is 2. The van der Waals surface area contributed by atoms with Gasteiger partial charge in [-0.15, -0.1) is 11.3 Å². The standard InChI is InChI=1S/C10H11ClN2S/c1-7(2)13-6-5-12-10(13)8-3-4-9(11)14-8/h3-7H,1-2H3. The Labute approximate surface area is 92.2 Å². The van der Waals surface area contributed by atoms with Gasteiger partial charge in [0.05, 0.1) is 9.21 Å². The molecule has 0 unspecified atom stereocenters. The van der Waals surface area contributed by atoms with Crippen molar-refractivity contribution >= 4 is 22.9 Å². The second-order valence-electron chi connectivity index (χ2n) is 3.36. The summed E-state index contributed by atoms with van der Waals surface area (Å²) in [4.78, 5) is 5.45. The summed E-state index contributed by atoms with van der Waals surface area (Å²) in [5.41, 5.74) is 0. The van der Waals surface area contributed by atoms with Crippen molar-refractivity contribution in [2.75, 3.05) is 0 Å². The third-order valence-electron chi connectivity index (χ3n) is 2.02. The van der Waals surface area contributed by atoms with E-state index in [1.54, 1.807) is 11.3 Å². The summed E-state index contributed by atoms with van der Waals surface area (Å²) >= 11 is 7.45. The fourth-order valence-electron chi connectivity index (χ4n) is 1.36. The smallest absolute Gasteiger partial charge is 0.150 e. The Morgan fingerprint density at radius 1 is 1.43 bits per heavy atom. The van der Waals surface area contributed by atoms with Gasteiger partial charge in [0.2, 0.25) is 0 Å². The second-order valence-corrected chi connectivity index (χ2v) is 5.07. The van der Waals surface area contributed by atoms with Crippen LogP contribution in [-0.4, -0.2) is 9.55 Å². The van der Waals surface area contributed by atoms with E-state index < -0.39 is 0 Å². The van der Waals surface area contributed by atoms with Crippen LogP contribution in [0.3, 0.4) is 0 Å². The molecule has 0 aliphatic carbocycles. The minimum atomic E-state index is 0.424. The van der Waals surface area contributed by atoms with E-state index >= 15 is 0 Å². The first-order valence-corrected chi connectivity index (χ1v) is 5.66. The molecule has 2 aromatic heterocycles. The van der Waals surface area contributed by atoms with E-state index in [1.807, 2.05) is 24.5 Å². The lowest BCUT2D eigenvalue weighted by molar-refractivity contribution is 0.607. The van der Waals surface area contributed by atoms with Crippen molar-refractivity contribution in [1.29, 1.82) is 0 Å². The van der Waals surface area contributed by atoms with Crippen molar-refractivity contribution in [1.82, 2.24) is 9.55 Å². The van der Waals surface area contributed by atoms with E-state index in [2.05, 4.69) is 23.4 Å². The minimum absolute atomic E-state index is 0.424. The molecule has 4 heteroatoms. The van der Waals surface area contributed by atoms with Gasteiger partial charge in [0.15, 0.2) is 0 Å². The van der Waals surface area contributed by atoms with E-state index in [9.17, 15) is 0 Å². The van der Waals surface area contributed by atoms with Gasteiger partial charge in [-0.2, -0.15) is 0 Å². The maximum absolute atomic E-state index is 5.89. The molecule has 0 saturated carbocycles. The van der Waals surface area contributed by atoms with Gasteiger partial charge in [-0.25, -0.2) is 4.98 Å². The number of halogens is 1. The Balaban J connectivity index is 2.46. The zero-order valence-corrected chi connectivity index (χ0v) is 9.64. The van der Waals surface area contributed by atoms with Crippen molar-refractivity contribution in [3.8, 4) is 10.7 Å². The molecule has 0 saturated heterocycles. The molecule has 0 fully saturated rings. The van der Waals surface area contributed by atoms with Crippen molar-refractivity contribution in [3.05, 3.63) is 28.9 Å². The molecule has 0 radical (unpaired) electrons. The molecule has 0 N–H and O–H groups in total. The molecule has 0 amide bonds. The molecule has 0 spiro atoms. The maximum Gasteiger partial charge on any atom is 0.150 e. The van der Waals surface area contributed by atoms with Crippen LogP contribution in [0.4, 0.5) is 0 Å². The van der Waals surface area contributed by atoms with Crippen LogP contribution in [0.1, 0.15) is 19.9 Å². The van der Waals surface area contributed by atoms with Crippen molar-refractivity contribution in [3.63, 3.8) is 0 Å². The summed E-state index contributed by atoms with van der Waals surface area (Å²) in [6.45, 7) is 4.28. The fourth-order valence-corrected chi connectivity index (χ4v) is 2.40. The Kier molecular flexibility index (Phi) is 2.61. The molecule has 0 atom stereocenters. The summed E-state index contributed by atoms with van der Waals surface area (Å²) in [6.07, 6.45) is 3.82. The normalized spacial score (nSPS) is 11.1.